The molecule has 0 saturated carbocycles. The van der Waals surface area contributed by atoms with Crippen LogP contribution in [0.15, 0.2) is 22.7 Å². The molecule has 7 heteroatoms. The molecule has 18 heavy (non-hydrogen) atoms. The van der Waals surface area contributed by atoms with Gasteiger partial charge in [-0.3, -0.25) is 10.1 Å². The number of urea groups is 1. The molecule has 5 N–H and O–H groups in total. The largest absolute Gasteiger partial charge is 0.483 e. The van der Waals surface area contributed by atoms with Crippen molar-refractivity contribution in [2.75, 3.05) is 6.61 Å². The fourth-order valence-electron chi connectivity index (χ4n) is 1.33. The average molecular weight is 316 g/mol. The number of amides is 3. The second kappa shape index (κ2) is 6.36. The number of rotatable bonds is 4. The summed E-state index contributed by atoms with van der Waals surface area (Å²) in [6.07, 6.45) is 0. The number of nitrogens with one attached hydrogen (secondary N) is 1. The summed E-state index contributed by atoms with van der Waals surface area (Å²) in [6.45, 7) is 1.50. The molecule has 0 aliphatic carbocycles. The minimum Gasteiger partial charge on any atom is -0.483 e. The minimum atomic E-state index is -0.912. The summed E-state index contributed by atoms with van der Waals surface area (Å²) in [4.78, 5) is 21.7. The monoisotopic (exact) mass is 315 g/mol. The summed E-state index contributed by atoms with van der Waals surface area (Å²) in [5.41, 5.74) is 11.4. The fraction of sp³-hybridized carbons (Fsp3) is 0.273. The van der Waals surface area contributed by atoms with Crippen LogP contribution in [0.5, 0.6) is 5.75 Å². The van der Waals surface area contributed by atoms with E-state index in [9.17, 15) is 9.59 Å². The highest BCUT2D eigenvalue weighted by Crippen LogP contribution is 2.27. The van der Waals surface area contributed by atoms with Crippen molar-refractivity contribution < 1.29 is 14.3 Å². The Kier molecular flexibility index (Phi) is 5.11. The lowest BCUT2D eigenvalue weighted by atomic mass is 10.1. The van der Waals surface area contributed by atoms with Crippen LogP contribution >= 0.6 is 15.9 Å². The Bertz CT molecular complexity index is 463. The maximum absolute atomic E-state index is 11.2. The van der Waals surface area contributed by atoms with Crippen molar-refractivity contribution in [2.45, 2.75) is 13.0 Å². The molecule has 0 aliphatic rings. The molecule has 0 unspecified atom stereocenters. The molecule has 1 atom stereocenters. The number of carbonyl (C=O) groups excluding carboxylic acids is 2. The van der Waals surface area contributed by atoms with E-state index in [0.717, 1.165) is 10.0 Å². The summed E-state index contributed by atoms with van der Waals surface area (Å²) in [5.74, 6) is -0.128. The summed E-state index contributed by atoms with van der Waals surface area (Å²) < 4.78 is 6.12. The second-order valence-corrected chi connectivity index (χ2v) is 4.59. The first-order chi connectivity index (χ1) is 8.40. The highest BCUT2D eigenvalue weighted by atomic mass is 79.9. The van der Waals surface area contributed by atoms with E-state index in [1.807, 2.05) is 11.4 Å². The first kappa shape index (κ1) is 14.5. The van der Waals surface area contributed by atoms with Gasteiger partial charge in [0, 0.05) is 16.1 Å². The number of halogens is 1. The Morgan fingerprint density at radius 1 is 1.50 bits per heavy atom. The van der Waals surface area contributed by atoms with E-state index in [1.165, 1.54) is 0 Å². The lowest BCUT2D eigenvalue weighted by Crippen LogP contribution is -2.38. The number of hydrogen-bond donors (Lipinski definition) is 3. The number of ether oxygens (including phenoxy) is 1. The predicted octanol–water partition coefficient (Wildman–Crippen LogP) is 1.04. The molecule has 0 heterocycles. The molecule has 0 aromatic heterocycles. The van der Waals surface area contributed by atoms with Crippen molar-refractivity contribution in [2.24, 2.45) is 11.5 Å². The van der Waals surface area contributed by atoms with Crippen LogP contribution in [0.25, 0.3) is 0 Å². The zero-order valence-electron chi connectivity index (χ0n) is 9.77. The van der Waals surface area contributed by atoms with Gasteiger partial charge in [0.2, 0.25) is 0 Å². The number of primary amides is 1. The molecule has 0 fully saturated rings. The summed E-state index contributed by atoms with van der Waals surface area (Å²) in [5, 5.41) is 1.91. The van der Waals surface area contributed by atoms with E-state index in [4.69, 9.17) is 16.2 Å². The molecule has 6 nitrogen and oxygen atoms in total. The maximum Gasteiger partial charge on any atom is 0.318 e. The van der Waals surface area contributed by atoms with Gasteiger partial charge >= 0.3 is 6.03 Å². The average Bonchev–Trinajstić information content (AvgIpc) is 2.25. The Labute approximate surface area is 113 Å². The van der Waals surface area contributed by atoms with E-state index in [1.54, 1.807) is 19.1 Å². The molecule has 0 spiro atoms. The van der Waals surface area contributed by atoms with Crippen LogP contribution in [0.3, 0.4) is 0 Å². The smallest absolute Gasteiger partial charge is 0.318 e. The van der Waals surface area contributed by atoms with Crippen LogP contribution in [0.1, 0.15) is 18.5 Å². The van der Waals surface area contributed by atoms with Gasteiger partial charge < -0.3 is 16.2 Å². The molecule has 98 valence electrons. The van der Waals surface area contributed by atoms with Gasteiger partial charge in [-0.2, -0.15) is 0 Å². The topological polar surface area (TPSA) is 107 Å². The third-order valence-corrected chi connectivity index (χ3v) is 2.58. The molecule has 1 aromatic rings. The van der Waals surface area contributed by atoms with Gasteiger partial charge in [-0.25, -0.2) is 4.79 Å². The molecule has 0 saturated heterocycles. The number of imide groups is 1. The van der Waals surface area contributed by atoms with Crippen molar-refractivity contribution in [3.63, 3.8) is 0 Å². The third-order valence-electron chi connectivity index (χ3n) is 2.09. The number of carbonyl (C=O) groups is 2. The van der Waals surface area contributed by atoms with Crippen LogP contribution in [0, 0.1) is 0 Å². The summed E-state index contributed by atoms with van der Waals surface area (Å²) >= 11 is 3.30. The van der Waals surface area contributed by atoms with Crippen molar-refractivity contribution >= 4 is 27.9 Å². The Morgan fingerprint density at radius 2 is 2.17 bits per heavy atom. The molecule has 0 bridgehead atoms. The predicted molar refractivity (Wildman–Crippen MR) is 70.0 cm³/mol. The zero-order chi connectivity index (χ0) is 13.7. The van der Waals surface area contributed by atoms with Crippen LogP contribution < -0.4 is 21.5 Å². The first-order valence-electron chi connectivity index (χ1n) is 5.17. The molecule has 0 radical (unpaired) electrons. The number of hydrogen-bond acceptors (Lipinski definition) is 4. The lowest BCUT2D eigenvalue weighted by molar-refractivity contribution is -0.121. The van der Waals surface area contributed by atoms with Gasteiger partial charge in [0.25, 0.3) is 5.91 Å². The SMILES string of the molecule is C[C@H](N)c1ccc(Br)cc1OCC(=O)NC(N)=O. The summed E-state index contributed by atoms with van der Waals surface area (Å²) in [7, 11) is 0. The van der Waals surface area contributed by atoms with Gasteiger partial charge in [0.1, 0.15) is 5.75 Å². The van der Waals surface area contributed by atoms with E-state index in [0.29, 0.717) is 5.75 Å². The molecular weight excluding hydrogens is 302 g/mol. The third kappa shape index (κ3) is 4.34. The van der Waals surface area contributed by atoms with Gasteiger partial charge in [-0.15, -0.1) is 0 Å². The van der Waals surface area contributed by atoms with Crippen molar-refractivity contribution in [1.29, 1.82) is 0 Å². The second-order valence-electron chi connectivity index (χ2n) is 3.67. The fourth-order valence-corrected chi connectivity index (χ4v) is 1.67. The quantitative estimate of drug-likeness (QED) is 0.771. The molecular formula is C11H14BrN3O3. The van der Waals surface area contributed by atoms with Gasteiger partial charge in [0.15, 0.2) is 6.61 Å². The molecule has 0 aliphatic heterocycles. The van der Waals surface area contributed by atoms with Crippen LogP contribution in [-0.2, 0) is 4.79 Å². The first-order valence-corrected chi connectivity index (χ1v) is 5.96. The van der Waals surface area contributed by atoms with E-state index in [2.05, 4.69) is 15.9 Å². The van der Waals surface area contributed by atoms with Crippen LogP contribution in [-0.4, -0.2) is 18.5 Å². The van der Waals surface area contributed by atoms with Gasteiger partial charge in [-0.1, -0.05) is 22.0 Å². The van der Waals surface area contributed by atoms with Crippen molar-refractivity contribution in [1.82, 2.24) is 5.32 Å². The molecule has 1 rings (SSSR count). The highest BCUT2D eigenvalue weighted by Gasteiger charge is 2.11. The maximum atomic E-state index is 11.2. The lowest BCUT2D eigenvalue weighted by Gasteiger charge is -2.14. The Morgan fingerprint density at radius 3 is 2.72 bits per heavy atom. The molecule has 1 aromatic carbocycles. The Balaban J connectivity index is 2.74. The Hall–Kier alpha value is -1.60. The zero-order valence-corrected chi connectivity index (χ0v) is 11.4. The van der Waals surface area contributed by atoms with E-state index >= 15 is 0 Å². The summed E-state index contributed by atoms with van der Waals surface area (Å²) in [6, 6.07) is 4.19. The van der Waals surface area contributed by atoms with Crippen LogP contribution in [0.2, 0.25) is 0 Å². The highest BCUT2D eigenvalue weighted by molar-refractivity contribution is 9.10. The molecule has 3 amide bonds. The minimum absolute atomic E-state index is 0.229. The standard InChI is InChI=1S/C11H14BrN3O3/c1-6(13)8-3-2-7(12)4-9(8)18-5-10(16)15-11(14)17/h2-4,6H,5,13H2,1H3,(H3,14,15,16,17)/t6-/m0/s1. The van der Waals surface area contributed by atoms with Gasteiger partial charge in [0.05, 0.1) is 0 Å². The van der Waals surface area contributed by atoms with Crippen molar-refractivity contribution in [3.05, 3.63) is 28.2 Å². The number of nitrogens with two attached hydrogens (primary N) is 2. The van der Waals surface area contributed by atoms with Gasteiger partial charge in [-0.05, 0) is 19.1 Å². The van der Waals surface area contributed by atoms with E-state index < -0.39 is 11.9 Å². The number of benzene rings is 1. The van der Waals surface area contributed by atoms with Crippen LogP contribution in [0.4, 0.5) is 4.79 Å². The normalized spacial score (nSPS) is 11.7. The van der Waals surface area contributed by atoms with Crippen molar-refractivity contribution in [3.8, 4) is 5.75 Å². The van der Waals surface area contributed by atoms with E-state index in [-0.39, 0.29) is 12.6 Å².